The predicted molar refractivity (Wildman–Crippen MR) is 67.0 cm³/mol. The highest BCUT2D eigenvalue weighted by Crippen LogP contribution is 2.36. The molecule has 1 saturated carbocycles. The molecule has 94 valence electrons. The Morgan fingerprint density at radius 2 is 2.06 bits per heavy atom. The van der Waals surface area contributed by atoms with E-state index in [0.717, 1.165) is 24.0 Å². The molecule has 0 aliphatic heterocycles. The summed E-state index contributed by atoms with van der Waals surface area (Å²) in [6.45, 7) is 4.14. The lowest BCUT2D eigenvalue weighted by Gasteiger charge is -2.14. The van der Waals surface area contributed by atoms with Crippen molar-refractivity contribution in [2.75, 3.05) is 0 Å². The Bertz CT molecular complexity index is 533. The molecular weight excluding hydrogens is 236 g/mol. The van der Waals surface area contributed by atoms with E-state index in [1.807, 2.05) is 13.0 Å². The summed E-state index contributed by atoms with van der Waals surface area (Å²) >= 11 is 0. The molecule has 3 N–H and O–H groups in total. The minimum atomic E-state index is -3.40. The first-order valence-electron chi connectivity index (χ1n) is 5.70. The Morgan fingerprint density at radius 1 is 1.41 bits per heavy atom. The standard InChI is InChI=1S/C12H18N2O2S/c1-9-7-10(8-13)3-4-11(9)17(15,16)14-12(2)5-6-12/h3-4,7,14H,5-6,8,13H2,1-2H3. The second kappa shape index (κ2) is 4.08. The maximum absolute atomic E-state index is 12.2. The Balaban J connectivity index is 2.33. The Hall–Kier alpha value is -0.910. The van der Waals surface area contributed by atoms with E-state index in [1.165, 1.54) is 0 Å². The van der Waals surface area contributed by atoms with Gasteiger partial charge in [-0.25, -0.2) is 13.1 Å². The fourth-order valence-electron chi connectivity index (χ4n) is 1.81. The minimum absolute atomic E-state index is 0.238. The highest BCUT2D eigenvalue weighted by Gasteiger charge is 2.41. The van der Waals surface area contributed by atoms with Gasteiger partial charge in [0.1, 0.15) is 0 Å². The third-order valence-corrected chi connectivity index (χ3v) is 4.94. The van der Waals surface area contributed by atoms with E-state index >= 15 is 0 Å². The summed E-state index contributed by atoms with van der Waals surface area (Å²) in [6.07, 6.45) is 1.82. The van der Waals surface area contributed by atoms with E-state index in [4.69, 9.17) is 5.73 Å². The number of nitrogens with two attached hydrogens (primary N) is 1. The van der Waals surface area contributed by atoms with E-state index in [0.29, 0.717) is 11.4 Å². The van der Waals surface area contributed by atoms with E-state index in [9.17, 15) is 8.42 Å². The van der Waals surface area contributed by atoms with E-state index in [-0.39, 0.29) is 5.54 Å². The zero-order chi connectivity index (χ0) is 12.7. The first kappa shape index (κ1) is 12.5. The first-order valence-corrected chi connectivity index (χ1v) is 7.18. The fraction of sp³-hybridized carbons (Fsp3) is 0.500. The summed E-state index contributed by atoms with van der Waals surface area (Å²) in [7, 11) is -3.40. The molecule has 0 saturated heterocycles. The lowest BCUT2D eigenvalue weighted by molar-refractivity contribution is 0.557. The summed E-state index contributed by atoms with van der Waals surface area (Å²) in [4.78, 5) is 0.350. The number of hydrogen-bond donors (Lipinski definition) is 2. The van der Waals surface area contributed by atoms with Crippen molar-refractivity contribution in [3.63, 3.8) is 0 Å². The average molecular weight is 254 g/mol. The Kier molecular flexibility index (Phi) is 3.01. The number of nitrogens with one attached hydrogen (secondary N) is 1. The van der Waals surface area contributed by atoms with Crippen LogP contribution < -0.4 is 10.5 Å². The summed E-state index contributed by atoms with van der Waals surface area (Å²) < 4.78 is 27.1. The van der Waals surface area contributed by atoms with Gasteiger partial charge in [-0.1, -0.05) is 12.1 Å². The van der Waals surface area contributed by atoms with Crippen LogP contribution in [0.25, 0.3) is 0 Å². The molecule has 0 atom stereocenters. The van der Waals surface area contributed by atoms with Crippen LogP contribution in [0.2, 0.25) is 0 Å². The van der Waals surface area contributed by atoms with Crippen LogP contribution in [0.4, 0.5) is 0 Å². The van der Waals surface area contributed by atoms with Crippen molar-refractivity contribution in [3.05, 3.63) is 29.3 Å². The van der Waals surface area contributed by atoms with Gasteiger partial charge in [0.25, 0.3) is 0 Å². The maximum Gasteiger partial charge on any atom is 0.241 e. The van der Waals surface area contributed by atoms with Crippen LogP contribution in [0, 0.1) is 6.92 Å². The van der Waals surface area contributed by atoms with Crippen molar-refractivity contribution in [2.24, 2.45) is 5.73 Å². The number of aryl methyl sites for hydroxylation is 1. The highest BCUT2D eigenvalue weighted by atomic mass is 32.2. The van der Waals surface area contributed by atoms with Crippen LogP contribution in [0.5, 0.6) is 0 Å². The molecule has 0 unspecified atom stereocenters. The van der Waals surface area contributed by atoms with Gasteiger partial charge in [-0.3, -0.25) is 0 Å². The molecule has 4 nitrogen and oxygen atoms in total. The molecule has 5 heteroatoms. The average Bonchev–Trinajstić information content (AvgIpc) is 2.94. The van der Waals surface area contributed by atoms with Crippen LogP contribution in [0.3, 0.4) is 0 Å². The SMILES string of the molecule is Cc1cc(CN)ccc1S(=O)(=O)NC1(C)CC1. The molecule has 0 aromatic heterocycles. The summed E-state index contributed by atoms with van der Waals surface area (Å²) in [6, 6.07) is 5.21. The van der Waals surface area contributed by atoms with Crippen LogP contribution in [0.1, 0.15) is 30.9 Å². The number of rotatable bonds is 4. The summed E-state index contributed by atoms with van der Waals surface area (Å²) in [5.74, 6) is 0. The minimum Gasteiger partial charge on any atom is -0.326 e. The van der Waals surface area contributed by atoms with Gasteiger partial charge in [0.15, 0.2) is 0 Å². The van der Waals surface area contributed by atoms with E-state index in [2.05, 4.69) is 4.72 Å². The van der Waals surface area contributed by atoms with Crippen LogP contribution >= 0.6 is 0 Å². The smallest absolute Gasteiger partial charge is 0.241 e. The molecule has 0 heterocycles. The monoisotopic (exact) mass is 254 g/mol. The molecule has 17 heavy (non-hydrogen) atoms. The summed E-state index contributed by atoms with van der Waals surface area (Å²) in [5, 5.41) is 0. The van der Waals surface area contributed by atoms with Gasteiger partial charge >= 0.3 is 0 Å². The van der Waals surface area contributed by atoms with Crippen molar-refractivity contribution in [2.45, 2.75) is 43.7 Å². The topological polar surface area (TPSA) is 72.2 Å². The van der Waals surface area contributed by atoms with Crippen molar-refractivity contribution in [1.82, 2.24) is 4.72 Å². The largest absolute Gasteiger partial charge is 0.326 e. The lowest BCUT2D eigenvalue weighted by atomic mass is 10.1. The first-order chi connectivity index (χ1) is 7.86. The van der Waals surface area contributed by atoms with E-state index < -0.39 is 10.0 Å². The molecule has 1 aliphatic carbocycles. The Morgan fingerprint density at radius 3 is 2.53 bits per heavy atom. The lowest BCUT2D eigenvalue weighted by Crippen LogP contribution is -2.34. The molecule has 2 rings (SSSR count). The van der Waals surface area contributed by atoms with Crippen molar-refractivity contribution in [1.29, 1.82) is 0 Å². The van der Waals surface area contributed by atoms with Gasteiger partial charge in [0.05, 0.1) is 4.90 Å². The van der Waals surface area contributed by atoms with Crippen LogP contribution in [0.15, 0.2) is 23.1 Å². The molecule has 0 radical (unpaired) electrons. The van der Waals surface area contributed by atoms with Gasteiger partial charge in [-0.05, 0) is 43.9 Å². The van der Waals surface area contributed by atoms with Gasteiger partial charge in [0.2, 0.25) is 10.0 Å². The number of benzene rings is 1. The zero-order valence-corrected chi connectivity index (χ0v) is 11.0. The quantitative estimate of drug-likeness (QED) is 0.850. The number of hydrogen-bond acceptors (Lipinski definition) is 3. The van der Waals surface area contributed by atoms with Crippen molar-refractivity contribution >= 4 is 10.0 Å². The van der Waals surface area contributed by atoms with Crippen LogP contribution in [-0.4, -0.2) is 14.0 Å². The molecule has 1 aromatic carbocycles. The molecule has 1 aromatic rings. The molecule has 1 aliphatic rings. The molecule has 0 spiro atoms. The van der Waals surface area contributed by atoms with Crippen molar-refractivity contribution < 1.29 is 8.42 Å². The fourth-order valence-corrected chi connectivity index (χ4v) is 3.50. The third-order valence-electron chi connectivity index (χ3n) is 3.15. The van der Waals surface area contributed by atoms with Gasteiger partial charge < -0.3 is 5.73 Å². The zero-order valence-electron chi connectivity index (χ0n) is 10.2. The summed E-state index contributed by atoms with van der Waals surface area (Å²) in [5.41, 5.74) is 6.97. The number of sulfonamides is 1. The second-order valence-corrected chi connectivity index (χ2v) is 6.62. The molecule has 0 bridgehead atoms. The second-order valence-electron chi connectivity index (χ2n) is 4.97. The molecular formula is C12H18N2O2S. The normalized spacial score (nSPS) is 18.1. The molecule has 1 fully saturated rings. The molecule has 0 amide bonds. The van der Waals surface area contributed by atoms with Gasteiger partial charge in [-0.15, -0.1) is 0 Å². The maximum atomic E-state index is 12.2. The van der Waals surface area contributed by atoms with Crippen molar-refractivity contribution in [3.8, 4) is 0 Å². The van der Waals surface area contributed by atoms with Gasteiger partial charge in [0, 0.05) is 12.1 Å². The van der Waals surface area contributed by atoms with Gasteiger partial charge in [-0.2, -0.15) is 0 Å². The Labute approximate surface area is 102 Å². The van der Waals surface area contributed by atoms with E-state index in [1.54, 1.807) is 19.1 Å². The predicted octanol–water partition coefficient (Wildman–Crippen LogP) is 1.28. The van der Waals surface area contributed by atoms with Crippen LogP contribution in [-0.2, 0) is 16.6 Å². The third kappa shape index (κ3) is 2.68. The highest BCUT2D eigenvalue weighted by molar-refractivity contribution is 7.89.